The molecule has 0 bridgehead atoms. The molecule has 2 heterocycles. The Bertz CT molecular complexity index is 455. The predicted octanol–water partition coefficient (Wildman–Crippen LogP) is 2.67. The SMILES string of the molecule is c1ccc2c(c1)NCC21CCC2(CC1)OCCO2. The maximum absolute atomic E-state index is 5.83. The third-order valence-electron chi connectivity index (χ3n) is 4.90. The molecule has 1 saturated carbocycles. The fourth-order valence-electron chi connectivity index (χ4n) is 3.80. The molecule has 3 aliphatic rings. The number of hydrogen-bond acceptors (Lipinski definition) is 3. The second-order valence-corrected chi connectivity index (χ2v) is 5.79. The molecule has 1 saturated heterocycles. The molecule has 1 aliphatic carbocycles. The van der Waals surface area contributed by atoms with Crippen LogP contribution in [0.3, 0.4) is 0 Å². The molecule has 2 spiro atoms. The summed E-state index contributed by atoms with van der Waals surface area (Å²) in [4.78, 5) is 0. The van der Waals surface area contributed by atoms with Crippen LogP contribution in [0.25, 0.3) is 0 Å². The predicted molar refractivity (Wildman–Crippen MR) is 69.7 cm³/mol. The second kappa shape index (κ2) is 3.72. The summed E-state index contributed by atoms with van der Waals surface area (Å²) in [5, 5.41) is 3.56. The minimum Gasteiger partial charge on any atom is -0.384 e. The van der Waals surface area contributed by atoms with Crippen LogP contribution in [-0.2, 0) is 14.9 Å². The van der Waals surface area contributed by atoms with Gasteiger partial charge in [-0.15, -0.1) is 0 Å². The van der Waals surface area contributed by atoms with E-state index in [9.17, 15) is 0 Å². The number of hydrogen-bond donors (Lipinski definition) is 1. The number of rotatable bonds is 0. The lowest BCUT2D eigenvalue weighted by Gasteiger charge is -2.41. The molecule has 3 nitrogen and oxygen atoms in total. The number of ether oxygens (including phenoxy) is 2. The average molecular weight is 245 g/mol. The Hall–Kier alpha value is -1.06. The maximum Gasteiger partial charge on any atom is 0.168 e. The van der Waals surface area contributed by atoms with Gasteiger partial charge in [0, 0.05) is 30.5 Å². The van der Waals surface area contributed by atoms with Crippen LogP contribution in [0.2, 0.25) is 0 Å². The highest BCUT2D eigenvalue weighted by molar-refractivity contribution is 5.60. The first kappa shape index (κ1) is 10.8. The van der Waals surface area contributed by atoms with Crippen LogP contribution in [0.15, 0.2) is 24.3 Å². The smallest absolute Gasteiger partial charge is 0.168 e. The van der Waals surface area contributed by atoms with Crippen molar-refractivity contribution in [1.29, 1.82) is 0 Å². The maximum atomic E-state index is 5.83. The molecule has 1 aromatic carbocycles. The summed E-state index contributed by atoms with van der Waals surface area (Å²) in [7, 11) is 0. The van der Waals surface area contributed by atoms with Crippen LogP contribution in [0.4, 0.5) is 5.69 Å². The fraction of sp³-hybridized carbons (Fsp3) is 0.600. The summed E-state index contributed by atoms with van der Waals surface area (Å²) in [6.07, 6.45) is 4.39. The molecule has 0 aromatic heterocycles. The van der Waals surface area contributed by atoms with E-state index in [2.05, 4.69) is 29.6 Å². The van der Waals surface area contributed by atoms with Crippen LogP contribution in [0, 0.1) is 0 Å². The summed E-state index contributed by atoms with van der Waals surface area (Å²) < 4.78 is 11.7. The molecule has 4 rings (SSSR count). The first-order chi connectivity index (χ1) is 8.82. The van der Waals surface area contributed by atoms with Crippen molar-refractivity contribution in [2.24, 2.45) is 0 Å². The molecular formula is C15H19NO2. The Kier molecular flexibility index (Phi) is 2.24. The lowest BCUT2D eigenvalue weighted by Crippen LogP contribution is -2.43. The average Bonchev–Trinajstić information content (AvgIpc) is 3.01. The van der Waals surface area contributed by atoms with Crippen molar-refractivity contribution in [3.63, 3.8) is 0 Å². The first-order valence-corrected chi connectivity index (χ1v) is 6.93. The summed E-state index contributed by atoms with van der Waals surface area (Å²) >= 11 is 0. The normalized spacial score (nSPS) is 27.3. The van der Waals surface area contributed by atoms with Crippen LogP contribution < -0.4 is 5.32 Å². The van der Waals surface area contributed by atoms with Gasteiger partial charge in [0.1, 0.15) is 0 Å². The van der Waals surface area contributed by atoms with E-state index in [0.717, 1.165) is 45.4 Å². The van der Waals surface area contributed by atoms with Crippen molar-refractivity contribution in [2.45, 2.75) is 36.9 Å². The van der Waals surface area contributed by atoms with E-state index in [1.54, 1.807) is 0 Å². The van der Waals surface area contributed by atoms with Gasteiger partial charge >= 0.3 is 0 Å². The lowest BCUT2D eigenvalue weighted by atomic mass is 9.69. The van der Waals surface area contributed by atoms with Crippen molar-refractivity contribution in [3.05, 3.63) is 29.8 Å². The van der Waals surface area contributed by atoms with Crippen molar-refractivity contribution in [2.75, 3.05) is 25.1 Å². The summed E-state index contributed by atoms with van der Waals surface area (Å²) in [6, 6.07) is 8.74. The van der Waals surface area contributed by atoms with E-state index in [-0.39, 0.29) is 5.79 Å². The minimum atomic E-state index is -0.247. The summed E-state index contributed by atoms with van der Waals surface area (Å²) in [5.74, 6) is -0.247. The van der Waals surface area contributed by atoms with Crippen molar-refractivity contribution >= 4 is 5.69 Å². The third-order valence-corrected chi connectivity index (χ3v) is 4.90. The molecule has 3 heteroatoms. The quantitative estimate of drug-likeness (QED) is 0.762. The molecule has 0 atom stereocenters. The number of nitrogens with one attached hydrogen (secondary N) is 1. The molecule has 0 unspecified atom stereocenters. The molecule has 2 fully saturated rings. The third kappa shape index (κ3) is 1.44. The minimum absolute atomic E-state index is 0.247. The molecule has 1 N–H and O–H groups in total. The topological polar surface area (TPSA) is 30.5 Å². The number of para-hydroxylation sites is 1. The highest BCUT2D eigenvalue weighted by atomic mass is 16.7. The first-order valence-electron chi connectivity index (χ1n) is 6.93. The Balaban J connectivity index is 1.61. The van der Waals surface area contributed by atoms with Crippen LogP contribution in [0.1, 0.15) is 31.2 Å². The van der Waals surface area contributed by atoms with Gasteiger partial charge in [0.05, 0.1) is 13.2 Å². The van der Waals surface area contributed by atoms with E-state index in [1.165, 1.54) is 11.3 Å². The Morgan fingerprint density at radius 1 is 0.944 bits per heavy atom. The van der Waals surface area contributed by atoms with Crippen molar-refractivity contribution in [1.82, 2.24) is 0 Å². The zero-order valence-corrected chi connectivity index (χ0v) is 10.6. The summed E-state index contributed by atoms with van der Waals surface area (Å²) in [5.41, 5.74) is 3.14. The standard InChI is InChI=1S/C15H19NO2/c1-2-4-13-12(3-1)14(11-16-13)5-7-15(8-6-14)17-9-10-18-15/h1-4,16H,5-11H2. The van der Waals surface area contributed by atoms with E-state index in [4.69, 9.17) is 9.47 Å². The van der Waals surface area contributed by atoms with Crippen LogP contribution in [-0.4, -0.2) is 25.5 Å². The highest BCUT2D eigenvalue weighted by Crippen LogP contribution is 2.50. The number of fused-ring (bicyclic) bond motifs is 2. The van der Waals surface area contributed by atoms with Gasteiger partial charge in [0.2, 0.25) is 0 Å². The van der Waals surface area contributed by atoms with Crippen LogP contribution >= 0.6 is 0 Å². The van der Waals surface area contributed by atoms with E-state index < -0.39 is 0 Å². The van der Waals surface area contributed by atoms with Gasteiger partial charge in [-0.25, -0.2) is 0 Å². The van der Waals surface area contributed by atoms with E-state index in [1.807, 2.05) is 0 Å². The van der Waals surface area contributed by atoms with Gasteiger partial charge in [-0.2, -0.15) is 0 Å². The fourth-order valence-corrected chi connectivity index (χ4v) is 3.80. The van der Waals surface area contributed by atoms with E-state index in [0.29, 0.717) is 5.41 Å². The van der Waals surface area contributed by atoms with Gasteiger partial charge in [-0.1, -0.05) is 18.2 Å². The van der Waals surface area contributed by atoms with Gasteiger partial charge in [-0.05, 0) is 24.5 Å². The Morgan fingerprint density at radius 3 is 2.44 bits per heavy atom. The lowest BCUT2D eigenvalue weighted by molar-refractivity contribution is -0.184. The molecule has 2 aliphatic heterocycles. The molecule has 96 valence electrons. The van der Waals surface area contributed by atoms with Crippen LogP contribution in [0.5, 0.6) is 0 Å². The monoisotopic (exact) mass is 245 g/mol. The van der Waals surface area contributed by atoms with Gasteiger partial charge < -0.3 is 14.8 Å². The molecule has 18 heavy (non-hydrogen) atoms. The van der Waals surface area contributed by atoms with Crippen molar-refractivity contribution in [3.8, 4) is 0 Å². The van der Waals surface area contributed by atoms with E-state index >= 15 is 0 Å². The zero-order chi connectivity index (χ0) is 12.1. The zero-order valence-electron chi connectivity index (χ0n) is 10.6. The number of benzene rings is 1. The molecule has 1 aromatic rings. The van der Waals surface area contributed by atoms with Crippen molar-refractivity contribution < 1.29 is 9.47 Å². The van der Waals surface area contributed by atoms with Gasteiger partial charge in [-0.3, -0.25) is 0 Å². The number of anilines is 1. The molecule has 0 amide bonds. The summed E-state index contributed by atoms with van der Waals surface area (Å²) in [6.45, 7) is 2.60. The molecular weight excluding hydrogens is 226 g/mol. The van der Waals surface area contributed by atoms with Gasteiger partial charge in [0.25, 0.3) is 0 Å². The van der Waals surface area contributed by atoms with Gasteiger partial charge in [0.15, 0.2) is 5.79 Å². The Morgan fingerprint density at radius 2 is 1.67 bits per heavy atom. The Labute approximate surface area is 107 Å². The highest BCUT2D eigenvalue weighted by Gasteiger charge is 2.49. The largest absolute Gasteiger partial charge is 0.384 e. The second-order valence-electron chi connectivity index (χ2n) is 5.79. The molecule has 0 radical (unpaired) electrons.